The molecule has 1 N–H and O–H groups in total. The standard InChI is InChI=1S/C16H29N3/c1-6-17-10-15-9-16(7-8-18-15)19(11-13(2)3)12-14(4)5/h7-9,13-14,17H,6,10-12H2,1-5H3. The molecule has 0 amide bonds. The third-order valence-electron chi connectivity index (χ3n) is 2.89. The van der Waals surface area contributed by atoms with Crippen LogP contribution >= 0.6 is 0 Å². The van der Waals surface area contributed by atoms with E-state index in [1.165, 1.54) is 5.69 Å². The first kappa shape index (κ1) is 16.0. The predicted molar refractivity (Wildman–Crippen MR) is 83.5 cm³/mol. The van der Waals surface area contributed by atoms with Gasteiger partial charge in [-0.2, -0.15) is 0 Å². The molecular formula is C16H29N3. The van der Waals surface area contributed by atoms with Gasteiger partial charge in [0, 0.05) is 31.5 Å². The van der Waals surface area contributed by atoms with Crippen LogP contribution in [0.3, 0.4) is 0 Å². The Morgan fingerprint density at radius 3 is 2.32 bits per heavy atom. The monoisotopic (exact) mass is 263 g/mol. The van der Waals surface area contributed by atoms with Crippen LogP contribution in [0.5, 0.6) is 0 Å². The normalized spacial score (nSPS) is 11.3. The first-order chi connectivity index (χ1) is 9.02. The molecule has 0 saturated heterocycles. The summed E-state index contributed by atoms with van der Waals surface area (Å²) in [5, 5.41) is 3.33. The summed E-state index contributed by atoms with van der Waals surface area (Å²) in [4.78, 5) is 6.91. The minimum atomic E-state index is 0.670. The van der Waals surface area contributed by atoms with E-state index in [2.05, 4.69) is 62.0 Å². The molecule has 1 aromatic rings. The topological polar surface area (TPSA) is 28.2 Å². The Kier molecular flexibility index (Phi) is 6.85. The van der Waals surface area contributed by atoms with Crippen LogP contribution in [0.1, 0.15) is 40.3 Å². The highest BCUT2D eigenvalue weighted by molar-refractivity contribution is 5.46. The lowest BCUT2D eigenvalue weighted by Gasteiger charge is -2.28. The van der Waals surface area contributed by atoms with Crippen molar-refractivity contribution in [3.05, 3.63) is 24.0 Å². The van der Waals surface area contributed by atoms with E-state index in [4.69, 9.17) is 0 Å². The highest BCUT2D eigenvalue weighted by Gasteiger charge is 2.11. The maximum absolute atomic E-state index is 4.43. The Balaban J connectivity index is 2.81. The van der Waals surface area contributed by atoms with Crippen LogP contribution in [-0.2, 0) is 6.54 Å². The van der Waals surface area contributed by atoms with Gasteiger partial charge in [0.15, 0.2) is 0 Å². The maximum Gasteiger partial charge on any atom is 0.0562 e. The van der Waals surface area contributed by atoms with Gasteiger partial charge in [-0.25, -0.2) is 0 Å². The van der Waals surface area contributed by atoms with Crippen molar-refractivity contribution < 1.29 is 0 Å². The van der Waals surface area contributed by atoms with Crippen LogP contribution in [-0.4, -0.2) is 24.6 Å². The Bertz CT molecular complexity index is 351. The van der Waals surface area contributed by atoms with Crippen molar-refractivity contribution in [3.63, 3.8) is 0 Å². The molecule has 0 atom stereocenters. The van der Waals surface area contributed by atoms with E-state index in [1.807, 2.05) is 6.20 Å². The second kappa shape index (κ2) is 8.16. The van der Waals surface area contributed by atoms with Crippen molar-refractivity contribution >= 4 is 5.69 Å². The molecule has 19 heavy (non-hydrogen) atoms. The van der Waals surface area contributed by atoms with Crippen molar-refractivity contribution in [1.82, 2.24) is 10.3 Å². The van der Waals surface area contributed by atoms with E-state index >= 15 is 0 Å². The summed E-state index contributed by atoms with van der Waals surface area (Å²) in [5.41, 5.74) is 2.42. The van der Waals surface area contributed by atoms with Gasteiger partial charge in [-0.1, -0.05) is 34.6 Å². The SMILES string of the molecule is CCNCc1cc(N(CC(C)C)CC(C)C)ccn1. The van der Waals surface area contributed by atoms with E-state index in [9.17, 15) is 0 Å². The summed E-state index contributed by atoms with van der Waals surface area (Å²) in [6, 6.07) is 4.34. The van der Waals surface area contributed by atoms with Gasteiger partial charge in [0.25, 0.3) is 0 Å². The summed E-state index contributed by atoms with van der Waals surface area (Å²) in [6.45, 7) is 15.2. The van der Waals surface area contributed by atoms with Crippen LogP contribution in [0.4, 0.5) is 5.69 Å². The molecule has 0 saturated carbocycles. The molecule has 0 radical (unpaired) electrons. The third-order valence-corrected chi connectivity index (χ3v) is 2.89. The maximum atomic E-state index is 4.43. The van der Waals surface area contributed by atoms with Crippen molar-refractivity contribution in [2.45, 2.75) is 41.2 Å². The van der Waals surface area contributed by atoms with Crippen molar-refractivity contribution in [1.29, 1.82) is 0 Å². The van der Waals surface area contributed by atoms with E-state index in [1.54, 1.807) is 0 Å². The van der Waals surface area contributed by atoms with Crippen molar-refractivity contribution in [2.75, 3.05) is 24.5 Å². The molecule has 1 heterocycles. The average molecular weight is 263 g/mol. The van der Waals surface area contributed by atoms with Gasteiger partial charge in [-0.3, -0.25) is 4.98 Å². The van der Waals surface area contributed by atoms with E-state index in [-0.39, 0.29) is 0 Å². The largest absolute Gasteiger partial charge is 0.371 e. The molecule has 0 spiro atoms. The number of hydrogen-bond acceptors (Lipinski definition) is 3. The summed E-state index contributed by atoms with van der Waals surface area (Å²) < 4.78 is 0. The summed E-state index contributed by atoms with van der Waals surface area (Å²) in [6.07, 6.45) is 1.93. The number of anilines is 1. The molecule has 0 bridgehead atoms. The molecule has 0 fully saturated rings. The van der Waals surface area contributed by atoms with E-state index in [0.29, 0.717) is 11.8 Å². The minimum Gasteiger partial charge on any atom is -0.371 e. The van der Waals surface area contributed by atoms with Gasteiger partial charge in [0.2, 0.25) is 0 Å². The second-order valence-electron chi connectivity index (χ2n) is 5.98. The molecule has 1 rings (SSSR count). The summed E-state index contributed by atoms with van der Waals surface area (Å²) in [7, 11) is 0. The summed E-state index contributed by atoms with van der Waals surface area (Å²) in [5.74, 6) is 1.34. The lowest BCUT2D eigenvalue weighted by atomic mass is 10.1. The van der Waals surface area contributed by atoms with E-state index < -0.39 is 0 Å². The molecule has 0 aliphatic rings. The average Bonchev–Trinajstić information content (AvgIpc) is 2.35. The molecule has 0 aliphatic heterocycles. The Hall–Kier alpha value is -1.09. The zero-order valence-corrected chi connectivity index (χ0v) is 13.1. The van der Waals surface area contributed by atoms with Crippen LogP contribution in [0, 0.1) is 11.8 Å². The molecular weight excluding hydrogens is 234 g/mol. The zero-order valence-electron chi connectivity index (χ0n) is 13.1. The second-order valence-corrected chi connectivity index (χ2v) is 5.98. The predicted octanol–water partition coefficient (Wildman–Crippen LogP) is 3.31. The smallest absolute Gasteiger partial charge is 0.0562 e. The quantitative estimate of drug-likeness (QED) is 0.780. The number of hydrogen-bond donors (Lipinski definition) is 1. The Morgan fingerprint density at radius 1 is 1.16 bits per heavy atom. The Labute approximate surface area is 118 Å². The number of aromatic nitrogens is 1. The number of nitrogens with one attached hydrogen (secondary N) is 1. The number of nitrogens with zero attached hydrogens (tertiary/aromatic N) is 2. The number of rotatable bonds is 8. The highest BCUT2D eigenvalue weighted by Crippen LogP contribution is 2.18. The lowest BCUT2D eigenvalue weighted by Crippen LogP contribution is -2.31. The molecule has 3 heteroatoms. The number of pyridine rings is 1. The first-order valence-corrected chi connectivity index (χ1v) is 7.43. The van der Waals surface area contributed by atoms with Crippen LogP contribution in [0.15, 0.2) is 18.3 Å². The fourth-order valence-corrected chi connectivity index (χ4v) is 2.18. The van der Waals surface area contributed by atoms with Gasteiger partial charge in [0.1, 0.15) is 0 Å². The van der Waals surface area contributed by atoms with Crippen LogP contribution in [0.25, 0.3) is 0 Å². The van der Waals surface area contributed by atoms with Gasteiger partial charge in [-0.15, -0.1) is 0 Å². The fraction of sp³-hybridized carbons (Fsp3) is 0.688. The summed E-state index contributed by atoms with van der Waals surface area (Å²) >= 11 is 0. The molecule has 3 nitrogen and oxygen atoms in total. The van der Waals surface area contributed by atoms with Gasteiger partial charge < -0.3 is 10.2 Å². The molecule has 0 aliphatic carbocycles. The van der Waals surface area contributed by atoms with Gasteiger partial charge in [0.05, 0.1) is 5.69 Å². The van der Waals surface area contributed by atoms with Crippen LogP contribution in [0.2, 0.25) is 0 Å². The molecule has 108 valence electrons. The fourth-order valence-electron chi connectivity index (χ4n) is 2.18. The van der Waals surface area contributed by atoms with Crippen molar-refractivity contribution in [3.8, 4) is 0 Å². The molecule has 0 unspecified atom stereocenters. The zero-order chi connectivity index (χ0) is 14.3. The van der Waals surface area contributed by atoms with Crippen LogP contribution < -0.4 is 10.2 Å². The molecule has 1 aromatic heterocycles. The van der Waals surface area contributed by atoms with Gasteiger partial charge in [-0.05, 0) is 30.5 Å². The van der Waals surface area contributed by atoms with Crippen molar-refractivity contribution in [2.24, 2.45) is 11.8 Å². The minimum absolute atomic E-state index is 0.670. The van der Waals surface area contributed by atoms with Gasteiger partial charge >= 0.3 is 0 Å². The lowest BCUT2D eigenvalue weighted by molar-refractivity contribution is 0.552. The highest BCUT2D eigenvalue weighted by atomic mass is 15.1. The molecule has 0 aromatic carbocycles. The Morgan fingerprint density at radius 2 is 1.79 bits per heavy atom. The first-order valence-electron chi connectivity index (χ1n) is 7.43. The van der Waals surface area contributed by atoms with E-state index in [0.717, 1.165) is 31.9 Å². The third kappa shape index (κ3) is 6.06.